The lowest BCUT2D eigenvalue weighted by Crippen LogP contribution is -2.27. The molecule has 1 heterocycles. The molecule has 0 fully saturated rings. The summed E-state index contributed by atoms with van der Waals surface area (Å²) in [4.78, 5) is 2.44. The Hall–Kier alpha value is -1.44. The molecule has 0 N–H and O–H groups in total. The van der Waals surface area contributed by atoms with Gasteiger partial charge in [0.2, 0.25) is 0 Å². The van der Waals surface area contributed by atoms with E-state index in [0.717, 1.165) is 12.2 Å². The predicted octanol–water partition coefficient (Wildman–Crippen LogP) is 3.08. The van der Waals surface area contributed by atoms with Gasteiger partial charge in [-0.15, -0.1) is 0 Å². The molecule has 0 amide bonds. The lowest BCUT2D eigenvalue weighted by Gasteiger charge is -2.34. The van der Waals surface area contributed by atoms with Gasteiger partial charge in [-0.1, -0.05) is 6.07 Å². The minimum Gasteiger partial charge on any atom is -0.497 e. The van der Waals surface area contributed by atoms with Crippen molar-refractivity contribution in [2.75, 3.05) is 20.7 Å². The highest BCUT2D eigenvalue weighted by Gasteiger charge is 2.24. The molecule has 0 saturated heterocycles. The van der Waals surface area contributed by atoms with E-state index in [1.54, 1.807) is 18.4 Å². The van der Waals surface area contributed by atoms with E-state index in [9.17, 15) is 0 Å². The number of hydrogen-bond donors (Lipinski definition) is 0. The molecule has 1 aliphatic carbocycles. The molecule has 1 aliphatic heterocycles. The third kappa shape index (κ3) is 1.72. The molecule has 90 valence electrons. The van der Waals surface area contributed by atoms with E-state index < -0.39 is 0 Å². The van der Waals surface area contributed by atoms with E-state index in [2.05, 4.69) is 30.1 Å². The highest BCUT2D eigenvalue weighted by Crippen LogP contribution is 2.39. The third-order valence-electron chi connectivity index (χ3n) is 4.00. The van der Waals surface area contributed by atoms with Crippen LogP contribution < -0.4 is 4.74 Å². The van der Waals surface area contributed by atoms with Gasteiger partial charge in [0.1, 0.15) is 5.75 Å². The maximum absolute atomic E-state index is 5.31. The number of aryl methyl sites for hydroxylation is 1. The van der Waals surface area contributed by atoms with Crippen molar-refractivity contribution in [1.82, 2.24) is 4.90 Å². The summed E-state index contributed by atoms with van der Waals surface area (Å²) in [6.07, 6.45) is 4.85. The van der Waals surface area contributed by atoms with E-state index >= 15 is 0 Å². The Labute approximate surface area is 103 Å². The summed E-state index contributed by atoms with van der Waals surface area (Å²) >= 11 is 0. The molecule has 0 bridgehead atoms. The Morgan fingerprint density at radius 2 is 2.06 bits per heavy atom. The van der Waals surface area contributed by atoms with E-state index in [-0.39, 0.29) is 0 Å². The molecule has 0 aromatic heterocycles. The van der Waals surface area contributed by atoms with Crippen molar-refractivity contribution in [2.24, 2.45) is 0 Å². The minimum absolute atomic E-state index is 0.983. The number of hydrogen-bond acceptors (Lipinski definition) is 2. The van der Waals surface area contributed by atoms with Crippen LogP contribution in [0.25, 0.3) is 5.57 Å². The second-order valence-electron chi connectivity index (χ2n) is 4.97. The summed E-state index contributed by atoms with van der Waals surface area (Å²) in [5.41, 5.74) is 6.05. The number of benzene rings is 1. The van der Waals surface area contributed by atoms with Crippen LogP contribution in [0, 0.1) is 0 Å². The zero-order valence-corrected chi connectivity index (χ0v) is 10.6. The SMILES string of the molecule is COc1ccc2c(c1)CCC1=C2CCCN1C. The van der Waals surface area contributed by atoms with Gasteiger partial charge in [-0.25, -0.2) is 0 Å². The monoisotopic (exact) mass is 229 g/mol. The molecular formula is C15H19NO. The van der Waals surface area contributed by atoms with Crippen molar-refractivity contribution in [3.8, 4) is 5.75 Å². The van der Waals surface area contributed by atoms with E-state index in [1.807, 2.05) is 0 Å². The van der Waals surface area contributed by atoms with Crippen LogP contribution in [-0.4, -0.2) is 25.6 Å². The molecule has 1 aromatic rings. The standard InChI is InChI=1S/C15H19NO/c1-16-9-3-4-14-13-7-6-12(17-2)10-11(13)5-8-15(14)16/h6-7,10H,3-5,8-9H2,1-2H3. The van der Waals surface area contributed by atoms with Gasteiger partial charge in [0.15, 0.2) is 0 Å². The maximum Gasteiger partial charge on any atom is 0.119 e. The summed E-state index contributed by atoms with van der Waals surface area (Å²) in [5, 5.41) is 0. The molecule has 3 rings (SSSR count). The zero-order valence-electron chi connectivity index (χ0n) is 10.6. The van der Waals surface area contributed by atoms with Crippen LogP contribution in [-0.2, 0) is 6.42 Å². The number of ether oxygens (including phenoxy) is 1. The molecular weight excluding hydrogens is 210 g/mol. The van der Waals surface area contributed by atoms with Gasteiger partial charge in [-0.3, -0.25) is 0 Å². The number of rotatable bonds is 1. The summed E-state index contributed by atoms with van der Waals surface area (Å²) in [6.45, 7) is 1.21. The summed E-state index contributed by atoms with van der Waals surface area (Å²) in [7, 11) is 3.96. The molecule has 2 nitrogen and oxygen atoms in total. The molecule has 17 heavy (non-hydrogen) atoms. The lowest BCUT2D eigenvalue weighted by atomic mass is 9.84. The highest BCUT2D eigenvalue weighted by molar-refractivity contribution is 5.74. The lowest BCUT2D eigenvalue weighted by molar-refractivity contribution is 0.375. The molecule has 0 spiro atoms. The maximum atomic E-state index is 5.31. The van der Waals surface area contributed by atoms with Gasteiger partial charge in [0.05, 0.1) is 7.11 Å². The van der Waals surface area contributed by atoms with Crippen LogP contribution in [0.15, 0.2) is 23.9 Å². The van der Waals surface area contributed by atoms with Crippen LogP contribution in [0.4, 0.5) is 0 Å². The number of methoxy groups -OCH3 is 1. The molecule has 2 aliphatic rings. The smallest absolute Gasteiger partial charge is 0.119 e. The van der Waals surface area contributed by atoms with E-state index in [4.69, 9.17) is 4.74 Å². The second-order valence-corrected chi connectivity index (χ2v) is 4.97. The summed E-state index contributed by atoms with van der Waals surface area (Å²) < 4.78 is 5.31. The van der Waals surface area contributed by atoms with Gasteiger partial charge in [-0.05, 0) is 54.5 Å². The van der Waals surface area contributed by atoms with Gasteiger partial charge in [-0.2, -0.15) is 0 Å². The highest BCUT2D eigenvalue weighted by atomic mass is 16.5. The number of nitrogens with zero attached hydrogens (tertiary/aromatic N) is 1. The largest absolute Gasteiger partial charge is 0.497 e. The first kappa shape index (κ1) is 10.7. The van der Waals surface area contributed by atoms with E-state index in [0.29, 0.717) is 0 Å². The first-order chi connectivity index (χ1) is 8.29. The van der Waals surface area contributed by atoms with Crippen LogP contribution in [0.1, 0.15) is 30.4 Å². The van der Waals surface area contributed by atoms with Crippen molar-refractivity contribution >= 4 is 5.57 Å². The Bertz CT molecular complexity index is 476. The van der Waals surface area contributed by atoms with Crippen LogP contribution in [0.2, 0.25) is 0 Å². The minimum atomic E-state index is 0.983. The van der Waals surface area contributed by atoms with Gasteiger partial charge in [0, 0.05) is 19.3 Å². The van der Waals surface area contributed by atoms with Gasteiger partial charge < -0.3 is 9.64 Å². The van der Waals surface area contributed by atoms with Crippen molar-refractivity contribution in [3.63, 3.8) is 0 Å². The fourth-order valence-corrected chi connectivity index (χ4v) is 3.09. The number of fused-ring (bicyclic) bond motifs is 2. The quantitative estimate of drug-likeness (QED) is 0.733. The van der Waals surface area contributed by atoms with Crippen molar-refractivity contribution in [1.29, 1.82) is 0 Å². The molecule has 0 unspecified atom stereocenters. The molecule has 0 atom stereocenters. The molecule has 0 radical (unpaired) electrons. The Morgan fingerprint density at radius 1 is 1.18 bits per heavy atom. The van der Waals surface area contributed by atoms with E-state index in [1.165, 1.54) is 36.9 Å². The van der Waals surface area contributed by atoms with Crippen molar-refractivity contribution in [3.05, 3.63) is 35.0 Å². The Balaban J connectivity index is 2.08. The van der Waals surface area contributed by atoms with Crippen molar-refractivity contribution < 1.29 is 4.74 Å². The average Bonchev–Trinajstić information content (AvgIpc) is 2.38. The first-order valence-electron chi connectivity index (χ1n) is 6.40. The zero-order chi connectivity index (χ0) is 11.8. The fraction of sp³-hybridized carbons (Fsp3) is 0.467. The van der Waals surface area contributed by atoms with Crippen LogP contribution >= 0.6 is 0 Å². The molecule has 0 saturated carbocycles. The molecule has 2 heteroatoms. The topological polar surface area (TPSA) is 12.5 Å². The average molecular weight is 229 g/mol. The number of allylic oxidation sites excluding steroid dienone is 2. The van der Waals surface area contributed by atoms with Crippen molar-refractivity contribution in [2.45, 2.75) is 25.7 Å². The van der Waals surface area contributed by atoms with Crippen LogP contribution in [0.5, 0.6) is 5.75 Å². The van der Waals surface area contributed by atoms with Crippen LogP contribution in [0.3, 0.4) is 0 Å². The Kier molecular flexibility index (Phi) is 2.58. The fourth-order valence-electron chi connectivity index (χ4n) is 3.09. The molecule has 1 aromatic carbocycles. The third-order valence-corrected chi connectivity index (χ3v) is 4.00. The first-order valence-corrected chi connectivity index (χ1v) is 6.40. The normalized spacial score (nSPS) is 18.8. The summed E-state index contributed by atoms with van der Waals surface area (Å²) in [5.74, 6) is 0.983. The predicted molar refractivity (Wildman–Crippen MR) is 70.1 cm³/mol. The van der Waals surface area contributed by atoms with Gasteiger partial charge in [0.25, 0.3) is 0 Å². The second kappa shape index (κ2) is 4.10. The van der Waals surface area contributed by atoms with Gasteiger partial charge >= 0.3 is 0 Å². The Morgan fingerprint density at radius 3 is 2.88 bits per heavy atom. The summed E-state index contributed by atoms with van der Waals surface area (Å²) in [6, 6.07) is 6.53.